The Bertz CT molecular complexity index is 621. The number of aromatic carboxylic acids is 1. The zero-order valence-corrected chi connectivity index (χ0v) is 11.0. The Balaban J connectivity index is 2.01. The zero-order chi connectivity index (χ0) is 13.9. The molecule has 3 rings (SSSR count). The minimum atomic E-state index is -0.926. The van der Waals surface area contributed by atoms with E-state index in [-0.39, 0.29) is 5.56 Å². The first-order valence-electron chi connectivity index (χ1n) is 6.60. The number of carbonyl (C=O) groups is 1. The Hall–Kier alpha value is -2.49. The van der Waals surface area contributed by atoms with Gasteiger partial charge in [0.1, 0.15) is 5.75 Å². The number of ether oxygens (including phenoxy) is 1. The molecule has 0 amide bonds. The van der Waals surface area contributed by atoms with E-state index >= 15 is 0 Å². The first-order chi connectivity index (χ1) is 9.75. The van der Waals surface area contributed by atoms with Crippen molar-refractivity contribution in [2.45, 2.75) is 6.42 Å². The van der Waals surface area contributed by atoms with Crippen LogP contribution in [-0.4, -0.2) is 24.2 Å². The van der Waals surface area contributed by atoms with E-state index in [1.165, 1.54) is 0 Å². The summed E-state index contributed by atoms with van der Waals surface area (Å²) in [6.07, 6.45) is 1.08. The maximum absolute atomic E-state index is 11.4. The van der Waals surface area contributed by atoms with Crippen molar-refractivity contribution in [1.29, 1.82) is 0 Å². The third-order valence-electron chi connectivity index (χ3n) is 3.37. The molecule has 20 heavy (non-hydrogen) atoms. The van der Waals surface area contributed by atoms with E-state index in [9.17, 15) is 9.90 Å². The number of rotatable bonds is 4. The fraction of sp³-hybridized carbons (Fsp3) is 0.188. The summed E-state index contributed by atoms with van der Waals surface area (Å²) < 4.78 is 5.85. The van der Waals surface area contributed by atoms with Gasteiger partial charge in [-0.2, -0.15) is 0 Å². The highest BCUT2D eigenvalue weighted by Crippen LogP contribution is 2.37. The number of para-hydroxylation sites is 2. The van der Waals surface area contributed by atoms with Crippen LogP contribution in [0.4, 0.5) is 5.69 Å². The molecule has 0 aliphatic carbocycles. The average Bonchev–Trinajstić information content (AvgIpc) is 2.39. The molecule has 0 radical (unpaired) electrons. The summed E-state index contributed by atoms with van der Waals surface area (Å²) in [5.74, 6) is 0.373. The third-order valence-corrected chi connectivity index (χ3v) is 3.37. The normalized spacial score (nSPS) is 13.7. The summed E-state index contributed by atoms with van der Waals surface area (Å²) in [6.45, 7) is 1.74. The molecule has 1 aliphatic rings. The van der Waals surface area contributed by atoms with Gasteiger partial charge in [-0.3, -0.25) is 0 Å². The number of carboxylic acid groups (broad SMARTS) is 1. The standard InChI is InChI=1S/C16H15NO3/c18-16(19)13-8-4-9-14(15(13)17-10-5-11-17)20-12-6-2-1-3-7-12/h1-4,6-9H,5,10-11H2,(H,18,19). The van der Waals surface area contributed by atoms with Crippen LogP contribution in [0.15, 0.2) is 48.5 Å². The van der Waals surface area contributed by atoms with Crippen LogP contribution in [0.2, 0.25) is 0 Å². The van der Waals surface area contributed by atoms with Gasteiger partial charge in [-0.1, -0.05) is 24.3 Å². The molecule has 1 heterocycles. The van der Waals surface area contributed by atoms with Gasteiger partial charge in [0.25, 0.3) is 0 Å². The van der Waals surface area contributed by atoms with Gasteiger partial charge in [0, 0.05) is 13.1 Å². The number of carboxylic acids is 1. The molecule has 0 spiro atoms. The van der Waals surface area contributed by atoms with Crippen molar-refractivity contribution in [2.24, 2.45) is 0 Å². The van der Waals surface area contributed by atoms with Crippen LogP contribution in [0.3, 0.4) is 0 Å². The fourth-order valence-electron chi connectivity index (χ4n) is 2.26. The lowest BCUT2D eigenvalue weighted by molar-refractivity contribution is 0.0697. The molecule has 0 aromatic heterocycles. The first kappa shape index (κ1) is 12.5. The molecule has 0 bridgehead atoms. The van der Waals surface area contributed by atoms with Gasteiger partial charge in [0.05, 0.1) is 11.3 Å². The molecule has 0 unspecified atom stereocenters. The molecule has 102 valence electrons. The molecule has 2 aromatic rings. The quantitative estimate of drug-likeness (QED) is 0.924. The summed E-state index contributed by atoms with van der Waals surface area (Å²) in [6, 6.07) is 14.5. The highest BCUT2D eigenvalue weighted by atomic mass is 16.5. The molecule has 2 aromatic carbocycles. The third kappa shape index (κ3) is 2.32. The lowest BCUT2D eigenvalue weighted by Crippen LogP contribution is -2.38. The van der Waals surface area contributed by atoms with E-state index in [0.29, 0.717) is 17.2 Å². The van der Waals surface area contributed by atoms with Crippen LogP contribution in [0.1, 0.15) is 16.8 Å². The van der Waals surface area contributed by atoms with Crippen molar-refractivity contribution in [2.75, 3.05) is 18.0 Å². The second-order valence-corrected chi connectivity index (χ2v) is 4.71. The highest BCUT2D eigenvalue weighted by molar-refractivity contribution is 5.96. The molecular formula is C16H15NO3. The van der Waals surface area contributed by atoms with Gasteiger partial charge in [0.15, 0.2) is 5.75 Å². The first-order valence-corrected chi connectivity index (χ1v) is 6.60. The van der Waals surface area contributed by atoms with E-state index in [0.717, 1.165) is 19.5 Å². The molecule has 0 saturated carbocycles. The predicted octanol–water partition coefficient (Wildman–Crippen LogP) is 3.39. The summed E-state index contributed by atoms with van der Waals surface area (Å²) in [4.78, 5) is 13.4. The van der Waals surface area contributed by atoms with E-state index in [2.05, 4.69) is 0 Å². The Labute approximate surface area is 117 Å². The molecular weight excluding hydrogens is 254 g/mol. The number of benzene rings is 2. The number of hydrogen-bond acceptors (Lipinski definition) is 3. The van der Waals surface area contributed by atoms with Gasteiger partial charge in [-0.15, -0.1) is 0 Å². The van der Waals surface area contributed by atoms with Crippen LogP contribution in [0.25, 0.3) is 0 Å². The van der Waals surface area contributed by atoms with Crippen molar-refractivity contribution in [3.05, 3.63) is 54.1 Å². The molecule has 0 atom stereocenters. The van der Waals surface area contributed by atoms with E-state index in [1.807, 2.05) is 41.3 Å². The predicted molar refractivity (Wildman–Crippen MR) is 76.7 cm³/mol. The maximum Gasteiger partial charge on any atom is 0.337 e. The topological polar surface area (TPSA) is 49.8 Å². The molecule has 1 aliphatic heterocycles. The second-order valence-electron chi connectivity index (χ2n) is 4.71. The molecule has 4 heteroatoms. The summed E-state index contributed by atoms with van der Waals surface area (Å²) >= 11 is 0. The van der Waals surface area contributed by atoms with Gasteiger partial charge in [0.2, 0.25) is 0 Å². The molecule has 1 fully saturated rings. The largest absolute Gasteiger partial charge is 0.478 e. The van der Waals surface area contributed by atoms with Crippen LogP contribution < -0.4 is 9.64 Å². The zero-order valence-electron chi connectivity index (χ0n) is 11.0. The SMILES string of the molecule is O=C(O)c1cccc(Oc2ccccc2)c1N1CCC1. The smallest absolute Gasteiger partial charge is 0.337 e. The van der Waals surface area contributed by atoms with Gasteiger partial charge in [-0.05, 0) is 30.7 Å². The maximum atomic E-state index is 11.4. The van der Waals surface area contributed by atoms with Gasteiger partial charge in [-0.25, -0.2) is 4.79 Å². The minimum Gasteiger partial charge on any atom is -0.478 e. The summed E-state index contributed by atoms with van der Waals surface area (Å²) in [5, 5.41) is 9.34. The van der Waals surface area contributed by atoms with E-state index < -0.39 is 5.97 Å². The Morgan fingerprint density at radius 3 is 2.40 bits per heavy atom. The van der Waals surface area contributed by atoms with Crippen LogP contribution in [0, 0.1) is 0 Å². The summed E-state index contributed by atoms with van der Waals surface area (Å²) in [7, 11) is 0. The Morgan fingerprint density at radius 1 is 1.05 bits per heavy atom. The Kier molecular flexibility index (Phi) is 3.29. The highest BCUT2D eigenvalue weighted by Gasteiger charge is 2.25. The van der Waals surface area contributed by atoms with Crippen LogP contribution >= 0.6 is 0 Å². The van der Waals surface area contributed by atoms with Crippen molar-refractivity contribution in [3.63, 3.8) is 0 Å². The van der Waals surface area contributed by atoms with E-state index in [1.54, 1.807) is 12.1 Å². The molecule has 1 saturated heterocycles. The molecule has 1 N–H and O–H groups in total. The second kappa shape index (κ2) is 5.25. The number of nitrogens with zero attached hydrogens (tertiary/aromatic N) is 1. The van der Waals surface area contributed by atoms with Gasteiger partial charge >= 0.3 is 5.97 Å². The fourth-order valence-corrected chi connectivity index (χ4v) is 2.26. The number of anilines is 1. The van der Waals surface area contributed by atoms with Gasteiger partial charge < -0.3 is 14.7 Å². The van der Waals surface area contributed by atoms with Crippen LogP contribution in [-0.2, 0) is 0 Å². The lowest BCUT2D eigenvalue weighted by Gasteiger charge is -2.35. The minimum absolute atomic E-state index is 0.290. The molecule has 4 nitrogen and oxygen atoms in total. The Morgan fingerprint density at radius 2 is 1.80 bits per heavy atom. The number of hydrogen-bond donors (Lipinski definition) is 1. The lowest BCUT2D eigenvalue weighted by atomic mass is 10.1. The van der Waals surface area contributed by atoms with E-state index in [4.69, 9.17) is 4.74 Å². The van der Waals surface area contributed by atoms with Crippen molar-refractivity contribution in [3.8, 4) is 11.5 Å². The van der Waals surface area contributed by atoms with Crippen molar-refractivity contribution in [1.82, 2.24) is 0 Å². The van der Waals surface area contributed by atoms with Crippen molar-refractivity contribution < 1.29 is 14.6 Å². The van der Waals surface area contributed by atoms with Crippen LogP contribution in [0.5, 0.6) is 11.5 Å². The monoisotopic (exact) mass is 269 g/mol. The summed E-state index contributed by atoms with van der Waals surface area (Å²) in [5.41, 5.74) is 0.966. The van der Waals surface area contributed by atoms with Crippen molar-refractivity contribution >= 4 is 11.7 Å². The average molecular weight is 269 g/mol.